The van der Waals surface area contributed by atoms with Crippen molar-refractivity contribution in [2.24, 2.45) is 5.41 Å². The van der Waals surface area contributed by atoms with Gasteiger partial charge in [0, 0.05) is 22.2 Å². The number of nitrogens with zero attached hydrogens (tertiary/aromatic N) is 3. The molecule has 4 aromatic carbocycles. The number of rotatable bonds is 3. The number of hydrogen-bond acceptors (Lipinski definition) is 4. The minimum Gasteiger partial charge on any atom is -0.351 e. The lowest BCUT2D eigenvalue weighted by Crippen LogP contribution is -2.44. The Labute approximate surface area is 220 Å². The number of anilines is 1. The fraction of sp³-hybridized carbons (Fsp3) is 0.156. The Morgan fingerprint density at radius 2 is 1.68 bits per heavy atom. The molecule has 2 aliphatic rings. The average Bonchev–Trinajstić information content (AvgIpc) is 3.23. The molecule has 1 saturated heterocycles. The van der Waals surface area contributed by atoms with Crippen LogP contribution in [0.2, 0.25) is 5.02 Å². The Bertz CT molecular complexity index is 1660. The van der Waals surface area contributed by atoms with E-state index in [1.165, 1.54) is 0 Å². The molecule has 0 aliphatic carbocycles. The molecule has 0 unspecified atom stereocenters. The lowest BCUT2D eigenvalue weighted by Gasteiger charge is -2.35. The maximum atomic E-state index is 14.4. The topological polar surface area (TPSA) is 67.9 Å². The van der Waals surface area contributed by atoms with E-state index in [1.807, 2.05) is 103 Å². The van der Waals surface area contributed by atoms with Crippen LogP contribution in [-0.4, -0.2) is 17.9 Å². The fourth-order valence-electron chi connectivity index (χ4n) is 6.02. The quantitative estimate of drug-likeness (QED) is 0.282. The van der Waals surface area contributed by atoms with Gasteiger partial charge >= 0.3 is 0 Å². The fourth-order valence-corrected chi connectivity index (χ4v) is 6.20. The third-order valence-electron chi connectivity index (χ3n) is 7.73. The van der Waals surface area contributed by atoms with Gasteiger partial charge in [0.05, 0.1) is 18.2 Å². The van der Waals surface area contributed by atoms with E-state index in [0.717, 1.165) is 33.2 Å². The van der Waals surface area contributed by atoms with E-state index in [1.54, 1.807) is 6.07 Å². The molecule has 6 rings (SSSR count). The van der Waals surface area contributed by atoms with Gasteiger partial charge in [0.25, 0.3) is 0 Å². The molecule has 2 heterocycles. The van der Waals surface area contributed by atoms with Crippen molar-refractivity contribution in [1.29, 1.82) is 10.5 Å². The molecule has 0 spiro atoms. The van der Waals surface area contributed by atoms with Gasteiger partial charge in [-0.2, -0.15) is 10.5 Å². The van der Waals surface area contributed by atoms with Crippen LogP contribution in [-0.2, 0) is 0 Å². The number of benzene rings is 4. The number of halogens is 1. The molecule has 5 heteroatoms. The largest absolute Gasteiger partial charge is 0.351 e. The van der Waals surface area contributed by atoms with Crippen molar-refractivity contribution in [2.45, 2.75) is 24.9 Å². The standard InChI is InChI=1S/C32H22ClN3O/c1-20-9-11-22(12-10-20)31(37)30-29(26-8-4-6-21-5-2-3-7-25(21)26)32(18-34,19-35)28-16-13-23-17-24(33)14-15-27(23)36(28)30/h2-17,28-30H,1H3/t28-,29-,30+/m0/s1. The highest BCUT2D eigenvalue weighted by molar-refractivity contribution is 6.30. The highest BCUT2D eigenvalue weighted by atomic mass is 35.5. The molecule has 37 heavy (non-hydrogen) atoms. The minimum absolute atomic E-state index is 0.119. The Kier molecular flexibility index (Phi) is 5.37. The monoisotopic (exact) mass is 499 g/mol. The van der Waals surface area contributed by atoms with Gasteiger partial charge in [0.15, 0.2) is 11.2 Å². The summed E-state index contributed by atoms with van der Waals surface area (Å²) in [6, 6.07) is 30.2. The molecule has 0 radical (unpaired) electrons. The molecule has 178 valence electrons. The predicted octanol–water partition coefficient (Wildman–Crippen LogP) is 7.09. The van der Waals surface area contributed by atoms with Crippen LogP contribution in [0.25, 0.3) is 16.8 Å². The van der Waals surface area contributed by atoms with Gasteiger partial charge in [0.2, 0.25) is 0 Å². The second-order valence-electron chi connectivity index (χ2n) is 9.73. The summed E-state index contributed by atoms with van der Waals surface area (Å²) < 4.78 is 0. The smallest absolute Gasteiger partial charge is 0.185 e. The molecule has 4 nitrogen and oxygen atoms in total. The van der Waals surface area contributed by atoms with Gasteiger partial charge in [-0.05, 0) is 47.0 Å². The van der Waals surface area contributed by atoms with E-state index in [4.69, 9.17) is 11.6 Å². The van der Waals surface area contributed by atoms with Crippen LogP contribution in [0.3, 0.4) is 0 Å². The van der Waals surface area contributed by atoms with Crippen molar-refractivity contribution >= 4 is 39.9 Å². The Morgan fingerprint density at radius 3 is 2.43 bits per heavy atom. The number of ketones is 1. The van der Waals surface area contributed by atoms with Crippen LogP contribution >= 0.6 is 11.6 Å². The minimum atomic E-state index is -1.50. The summed E-state index contributed by atoms with van der Waals surface area (Å²) in [6.45, 7) is 1.98. The van der Waals surface area contributed by atoms with Crippen molar-refractivity contribution in [1.82, 2.24) is 0 Å². The molecule has 3 atom stereocenters. The first-order valence-electron chi connectivity index (χ1n) is 12.2. The number of Topliss-reactive ketones (excluding diaryl/α,β-unsaturated/α-hetero) is 1. The lowest BCUT2D eigenvalue weighted by molar-refractivity contribution is 0.0951. The van der Waals surface area contributed by atoms with E-state index in [-0.39, 0.29) is 5.78 Å². The molecule has 0 bridgehead atoms. The zero-order chi connectivity index (χ0) is 25.7. The van der Waals surface area contributed by atoms with E-state index < -0.39 is 23.4 Å². The molecule has 0 aromatic heterocycles. The normalized spacial score (nSPS) is 21.1. The van der Waals surface area contributed by atoms with Crippen molar-refractivity contribution in [3.8, 4) is 12.1 Å². The molecule has 0 N–H and O–H groups in total. The van der Waals surface area contributed by atoms with Crippen LogP contribution < -0.4 is 4.90 Å². The zero-order valence-corrected chi connectivity index (χ0v) is 20.9. The van der Waals surface area contributed by atoms with E-state index in [2.05, 4.69) is 12.1 Å². The molecule has 0 amide bonds. The second kappa shape index (κ2) is 8.63. The molecule has 4 aromatic rings. The maximum Gasteiger partial charge on any atom is 0.185 e. The summed E-state index contributed by atoms with van der Waals surface area (Å²) in [5, 5.41) is 23.9. The number of hydrogen-bond donors (Lipinski definition) is 0. The van der Waals surface area contributed by atoms with E-state index in [0.29, 0.717) is 10.6 Å². The van der Waals surface area contributed by atoms with Crippen LogP contribution in [0.5, 0.6) is 0 Å². The number of carbonyl (C=O) groups is 1. The summed E-state index contributed by atoms with van der Waals surface area (Å²) >= 11 is 6.31. The molecule has 2 aliphatic heterocycles. The zero-order valence-electron chi connectivity index (χ0n) is 20.1. The van der Waals surface area contributed by atoms with Crippen molar-refractivity contribution < 1.29 is 4.79 Å². The van der Waals surface area contributed by atoms with Gasteiger partial charge < -0.3 is 4.90 Å². The lowest BCUT2D eigenvalue weighted by atomic mass is 9.68. The van der Waals surface area contributed by atoms with Gasteiger partial charge in [-0.25, -0.2) is 0 Å². The van der Waals surface area contributed by atoms with E-state index in [9.17, 15) is 15.3 Å². The first-order chi connectivity index (χ1) is 18.0. The first-order valence-corrected chi connectivity index (χ1v) is 12.5. The van der Waals surface area contributed by atoms with Gasteiger partial charge in [0.1, 0.15) is 6.04 Å². The van der Waals surface area contributed by atoms with Crippen molar-refractivity contribution in [3.63, 3.8) is 0 Å². The number of carbonyl (C=O) groups excluding carboxylic acids is 1. The summed E-state index contributed by atoms with van der Waals surface area (Å²) in [5.74, 6) is -0.815. The summed E-state index contributed by atoms with van der Waals surface area (Å²) in [4.78, 5) is 16.4. The van der Waals surface area contributed by atoms with E-state index >= 15 is 0 Å². The summed E-state index contributed by atoms with van der Waals surface area (Å²) in [7, 11) is 0. The second-order valence-corrected chi connectivity index (χ2v) is 10.2. The third-order valence-corrected chi connectivity index (χ3v) is 7.97. The molecular weight excluding hydrogens is 478 g/mol. The Hall–Kier alpha value is -4.38. The molecule has 0 saturated carbocycles. The van der Waals surface area contributed by atoms with Crippen LogP contribution in [0.1, 0.15) is 33.0 Å². The average molecular weight is 500 g/mol. The molecule has 1 fully saturated rings. The number of aryl methyl sites for hydroxylation is 1. The summed E-state index contributed by atoms with van der Waals surface area (Å²) in [6.07, 6.45) is 3.79. The highest BCUT2D eigenvalue weighted by Gasteiger charge is 2.63. The first kappa shape index (κ1) is 23.0. The maximum absolute atomic E-state index is 14.4. The van der Waals surface area contributed by atoms with Gasteiger partial charge in [-0.1, -0.05) is 96.0 Å². The van der Waals surface area contributed by atoms with Gasteiger partial charge in [-0.15, -0.1) is 0 Å². The predicted molar refractivity (Wildman–Crippen MR) is 146 cm³/mol. The Morgan fingerprint density at radius 1 is 0.946 bits per heavy atom. The van der Waals surface area contributed by atoms with Crippen molar-refractivity contribution in [2.75, 3.05) is 4.90 Å². The summed E-state index contributed by atoms with van der Waals surface area (Å²) in [5.41, 5.74) is 2.58. The van der Waals surface area contributed by atoms with Crippen LogP contribution in [0.4, 0.5) is 5.69 Å². The molecular formula is C32H22ClN3O. The number of fused-ring (bicyclic) bond motifs is 4. The van der Waals surface area contributed by atoms with Crippen LogP contribution in [0.15, 0.2) is 91.0 Å². The SMILES string of the molecule is Cc1ccc(C(=O)[C@H]2[C@H](c3cccc4ccccc34)C(C#N)(C#N)[C@@H]3C=Cc4cc(Cl)ccc4N32)cc1. The highest BCUT2D eigenvalue weighted by Crippen LogP contribution is 2.56. The van der Waals surface area contributed by atoms with Crippen LogP contribution in [0, 0.1) is 35.0 Å². The third kappa shape index (κ3) is 3.38. The Balaban J connectivity index is 1.67. The van der Waals surface area contributed by atoms with Crippen molar-refractivity contribution in [3.05, 3.63) is 118 Å². The number of nitriles is 2. The van der Waals surface area contributed by atoms with Gasteiger partial charge in [-0.3, -0.25) is 4.79 Å².